The number of rotatable bonds is 5. The number of azide groups is 2. The van der Waals surface area contributed by atoms with Crippen LogP contribution in [0.5, 0.6) is 0 Å². The number of aromatic nitrogens is 4. The maximum atomic E-state index is 10.8. The molecule has 1 saturated heterocycles. The van der Waals surface area contributed by atoms with Crippen LogP contribution < -0.4 is 0 Å². The van der Waals surface area contributed by atoms with Gasteiger partial charge in [0, 0.05) is 16.7 Å². The molecule has 1 fully saturated rings. The molecule has 1 aliphatic rings. The average molecular weight is 346 g/mol. The van der Waals surface area contributed by atoms with Crippen LogP contribution in [0.15, 0.2) is 16.6 Å². The van der Waals surface area contributed by atoms with E-state index in [1.807, 2.05) is 0 Å². The van der Waals surface area contributed by atoms with E-state index in [9.17, 15) is 4.79 Å². The molecule has 0 saturated carbocycles. The van der Waals surface area contributed by atoms with Gasteiger partial charge < -0.3 is 14.2 Å². The number of hydrogen-bond acceptors (Lipinski definition) is 9. The summed E-state index contributed by atoms with van der Waals surface area (Å²) in [5, 5.41) is 6.74. The molecule has 0 radical (unpaired) electrons. The van der Waals surface area contributed by atoms with E-state index in [1.165, 1.54) is 17.8 Å². The van der Waals surface area contributed by atoms with Crippen LogP contribution in [0.2, 0.25) is 0 Å². The number of fused-ring (bicyclic) bond motifs is 1. The van der Waals surface area contributed by atoms with E-state index in [-0.39, 0.29) is 36.1 Å². The molecular weight excluding hydrogens is 336 g/mol. The van der Waals surface area contributed by atoms with Crippen LogP contribution in [-0.2, 0) is 19.0 Å². The molecule has 2 aromatic heterocycles. The van der Waals surface area contributed by atoms with Crippen molar-refractivity contribution < 1.29 is 19.0 Å². The summed E-state index contributed by atoms with van der Waals surface area (Å²) >= 11 is 0. The molecule has 0 aromatic carbocycles. The lowest BCUT2D eigenvalue weighted by Crippen LogP contribution is -2.19. The molecule has 3 heterocycles. The van der Waals surface area contributed by atoms with E-state index < -0.39 is 18.5 Å². The summed E-state index contributed by atoms with van der Waals surface area (Å²) < 4.78 is 17.4. The number of hydrogen-bond donors (Lipinski definition) is 0. The molecule has 0 bridgehead atoms. The van der Waals surface area contributed by atoms with Gasteiger partial charge in [-0.05, 0) is 21.3 Å². The topological polar surface area (TPSA) is 186 Å². The summed E-state index contributed by atoms with van der Waals surface area (Å²) in [5.74, 6) is -0.756. The first-order valence-corrected chi connectivity index (χ1v) is 6.87. The summed E-state index contributed by atoms with van der Waals surface area (Å²) in [4.78, 5) is 28.1. The quantitative estimate of drug-likeness (QED) is 0.343. The van der Waals surface area contributed by atoms with Gasteiger partial charge in [-0.25, -0.2) is 15.0 Å². The number of imidazole rings is 1. The maximum absolute atomic E-state index is 10.8. The minimum atomic E-state index is -0.735. The monoisotopic (exact) mass is 346 g/mol. The van der Waals surface area contributed by atoms with Gasteiger partial charge in [-0.2, -0.15) is 0 Å². The van der Waals surface area contributed by atoms with E-state index in [2.05, 4.69) is 35.0 Å². The summed E-state index contributed by atoms with van der Waals surface area (Å²) in [6.45, 7) is 1.37. The van der Waals surface area contributed by atoms with Crippen LogP contribution in [0.1, 0.15) is 13.2 Å². The molecule has 0 spiro atoms. The molecule has 0 amide bonds. The van der Waals surface area contributed by atoms with Crippen molar-refractivity contribution in [3.05, 3.63) is 27.2 Å². The Labute approximate surface area is 138 Å². The van der Waals surface area contributed by atoms with Gasteiger partial charge in [-0.3, -0.25) is 9.36 Å². The second-order valence-electron chi connectivity index (χ2n) is 4.71. The fraction of sp³-hybridized carbons (Fsp3) is 0.455. The van der Waals surface area contributed by atoms with Crippen molar-refractivity contribution in [2.45, 2.75) is 19.4 Å². The Balaban J connectivity index is 1.93. The molecule has 0 N–H and O–H groups in total. The van der Waals surface area contributed by atoms with Gasteiger partial charge in [-0.15, -0.1) is 0 Å². The lowest BCUT2D eigenvalue weighted by molar-refractivity contribution is -0.156. The van der Waals surface area contributed by atoms with Gasteiger partial charge in [-0.1, -0.05) is 0 Å². The lowest BCUT2D eigenvalue weighted by Gasteiger charge is -2.12. The van der Waals surface area contributed by atoms with E-state index in [4.69, 9.17) is 25.3 Å². The highest BCUT2D eigenvalue weighted by Crippen LogP contribution is 2.29. The van der Waals surface area contributed by atoms with Crippen LogP contribution in [0, 0.1) is 0 Å². The van der Waals surface area contributed by atoms with E-state index in [0.717, 1.165) is 0 Å². The van der Waals surface area contributed by atoms with Crippen molar-refractivity contribution in [3.8, 4) is 0 Å². The third-order valence-electron chi connectivity index (χ3n) is 3.13. The Morgan fingerprint density at radius 2 is 2.24 bits per heavy atom. The van der Waals surface area contributed by atoms with Crippen molar-refractivity contribution in [1.82, 2.24) is 19.5 Å². The minimum absolute atomic E-state index is 0.0542. The summed E-state index contributed by atoms with van der Waals surface area (Å²) in [6, 6.07) is 0. The molecule has 3 rings (SSSR count). The number of carbonyl (C=O) groups is 1. The largest absolute Gasteiger partial charge is 0.460 e. The molecule has 128 valence electrons. The predicted octanol–water partition coefficient (Wildman–Crippen LogP) is 2.14. The molecular formula is C11H10N10O4. The number of nitrogens with zero attached hydrogens (tertiary/aromatic N) is 10. The van der Waals surface area contributed by atoms with Gasteiger partial charge in [0.05, 0.1) is 12.9 Å². The molecule has 14 heteroatoms. The molecule has 1 aliphatic heterocycles. The van der Waals surface area contributed by atoms with Crippen LogP contribution >= 0.6 is 0 Å². The molecule has 0 aliphatic carbocycles. The summed E-state index contributed by atoms with van der Waals surface area (Å²) in [5.41, 5.74) is 17.6. The van der Waals surface area contributed by atoms with E-state index >= 15 is 0 Å². The first-order chi connectivity index (χ1) is 12.1. The van der Waals surface area contributed by atoms with Gasteiger partial charge in [0.25, 0.3) is 0 Å². The van der Waals surface area contributed by atoms with E-state index in [0.29, 0.717) is 0 Å². The van der Waals surface area contributed by atoms with Crippen molar-refractivity contribution in [2.75, 3.05) is 13.2 Å². The SMILES string of the molecule is CC(=O)OC[C@@H]1OC[C@H](n2cnc3c(N=[N+]=[N-])nc(N=[N+]=[N-])nc32)O1. The molecule has 2 aromatic rings. The van der Waals surface area contributed by atoms with Gasteiger partial charge in [0.2, 0.25) is 5.95 Å². The van der Waals surface area contributed by atoms with Crippen molar-refractivity contribution in [3.63, 3.8) is 0 Å². The lowest BCUT2D eigenvalue weighted by atomic mass is 10.5. The predicted molar refractivity (Wildman–Crippen MR) is 79.4 cm³/mol. The van der Waals surface area contributed by atoms with Gasteiger partial charge in [0.15, 0.2) is 24.0 Å². The van der Waals surface area contributed by atoms with Gasteiger partial charge >= 0.3 is 5.97 Å². The molecule has 25 heavy (non-hydrogen) atoms. The zero-order chi connectivity index (χ0) is 17.8. The average Bonchev–Trinajstić information content (AvgIpc) is 3.20. The second-order valence-corrected chi connectivity index (χ2v) is 4.71. The Morgan fingerprint density at radius 1 is 1.44 bits per heavy atom. The zero-order valence-corrected chi connectivity index (χ0v) is 12.8. The van der Waals surface area contributed by atoms with Crippen LogP contribution in [0.4, 0.5) is 11.8 Å². The van der Waals surface area contributed by atoms with Crippen molar-refractivity contribution in [1.29, 1.82) is 0 Å². The number of carbonyl (C=O) groups excluding carboxylic acids is 1. The third-order valence-corrected chi connectivity index (χ3v) is 3.13. The van der Waals surface area contributed by atoms with E-state index in [1.54, 1.807) is 0 Å². The highest BCUT2D eigenvalue weighted by Gasteiger charge is 2.30. The smallest absolute Gasteiger partial charge is 0.302 e. The normalized spacial score (nSPS) is 19.2. The summed E-state index contributed by atoms with van der Waals surface area (Å²) in [7, 11) is 0. The van der Waals surface area contributed by atoms with Crippen LogP contribution in [0.3, 0.4) is 0 Å². The minimum Gasteiger partial charge on any atom is -0.460 e. The van der Waals surface area contributed by atoms with Crippen LogP contribution in [-0.4, -0.2) is 45.0 Å². The first-order valence-electron chi connectivity index (χ1n) is 6.87. The third kappa shape index (κ3) is 3.41. The molecule has 2 atom stereocenters. The summed E-state index contributed by atoms with van der Waals surface area (Å²) in [6.07, 6.45) is 0.0531. The number of ether oxygens (including phenoxy) is 3. The second kappa shape index (κ2) is 6.98. The Morgan fingerprint density at radius 3 is 2.96 bits per heavy atom. The zero-order valence-electron chi connectivity index (χ0n) is 12.8. The standard InChI is InChI=1S/C11H10N10O4/c1-5(22)23-3-7-24-2-6(25-7)21-4-14-8-9(17-19-12)15-11(18-20-13)16-10(8)21/h4,6-7H,2-3H2,1H3/t6-,7-/m1/s1. The highest BCUT2D eigenvalue weighted by atomic mass is 16.7. The Kier molecular flexibility index (Phi) is 4.59. The molecule has 0 unspecified atom stereocenters. The Bertz CT molecular complexity index is 913. The van der Waals surface area contributed by atoms with Crippen molar-refractivity contribution in [2.24, 2.45) is 10.2 Å². The fourth-order valence-electron chi connectivity index (χ4n) is 2.16. The first kappa shape index (κ1) is 16.4. The van der Waals surface area contributed by atoms with Crippen molar-refractivity contribution >= 4 is 28.9 Å². The highest BCUT2D eigenvalue weighted by molar-refractivity contribution is 5.82. The maximum Gasteiger partial charge on any atom is 0.302 e. The Hall–Kier alpha value is -3.44. The van der Waals surface area contributed by atoms with Crippen LogP contribution in [0.25, 0.3) is 32.0 Å². The number of esters is 1. The van der Waals surface area contributed by atoms with Gasteiger partial charge in [0.1, 0.15) is 12.1 Å². The fourth-order valence-corrected chi connectivity index (χ4v) is 2.16. The molecule has 14 nitrogen and oxygen atoms in total.